The van der Waals surface area contributed by atoms with Gasteiger partial charge in [-0.1, -0.05) is 417 Å². The normalized spacial score (nSPS) is 12.5. The zero-order valence-electron chi connectivity index (χ0n) is 60.0. The van der Waals surface area contributed by atoms with Crippen molar-refractivity contribution >= 4 is 11.9 Å². The third kappa shape index (κ3) is 73.4. The summed E-state index contributed by atoms with van der Waals surface area (Å²) in [5.41, 5.74) is 0. The maximum atomic E-state index is 12.5. The largest absolute Gasteiger partial charge is 0.466 e. The van der Waals surface area contributed by atoms with Crippen molar-refractivity contribution in [2.24, 2.45) is 0 Å². The van der Waals surface area contributed by atoms with Crippen LogP contribution in [0.1, 0.15) is 463 Å². The quantitative estimate of drug-likeness (QED) is 0.0320. The number of hydrogen-bond donors (Lipinski definition) is 3. The fourth-order valence-electron chi connectivity index (χ4n) is 13.1. The highest BCUT2D eigenvalue weighted by atomic mass is 16.5. The number of nitrogens with one attached hydrogen (secondary N) is 1. The number of aliphatic hydroxyl groups excluding tert-OH is 2. The fraction of sp³-hybridized carbons (Fsp3) is 0.927. The Morgan fingerprint density at radius 2 is 0.568 bits per heavy atom. The molecular formula is C82H159NO5. The van der Waals surface area contributed by atoms with Gasteiger partial charge in [-0.2, -0.15) is 0 Å². The number of hydrogen-bond acceptors (Lipinski definition) is 5. The topological polar surface area (TPSA) is 95.9 Å². The van der Waals surface area contributed by atoms with E-state index >= 15 is 0 Å². The molecular weight excluding hydrogens is 1080 g/mol. The number of esters is 1. The molecule has 6 nitrogen and oxygen atoms in total. The van der Waals surface area contributed by atoms with Crippen molar-refractivity contribution in [3.8, 4) is 0 Å². The Kier molecular flexibility index (Phi) is 76.3. The van der Waals surface area contributed by atoms with Gasteiger partial charge in [-0.25, -0.2) is 0 Å². The number of rotatable bonds is 77. The van der Waals surface area contributed by atoms with E-state index in [1.54, 1.807) is 0 Å². The van der Waals surface area contributed by atoms with Crippen LogP contribution in [0.3, 0.4) is 0 Å². The Balaban J connectivity index is 3.32. The molecule has 0 heterocycles. The van der Waals surface area contributed by atoms with Gasteiger partial charge < -0.3 is 20.3 Å². The summed E-state index contributed by atoms with van der Waals surface area (Å²) in [4.78, 5) is 24.6. The molecule has 1 amide bonds. The van der Waals surface area contributed by atoms with Crippen LogP contribution < -0.4 is 5.32 Å². The Labute approximate surface area is 551 Å². The fourth-order valence-corrected chi connectivity index (χ4v) is 13.1. The summed E-state index contributed by atoms with van der Waals surface area (Å²) in [6.07, 6.45) is 100. The molecule has 0 aliphatic carbocycles. The molecule has 2 atom stereocenters. The summed E-state index contributed by atoms with van der Waals surface area (Å²) < 4.78 is 5.52. The number of carbonyl (C=O) groups is 2. The first-order valence-corrected chi connectivity index (χ1v) is 40.6. The van der Waals surface area contributed by atoms with Crippen molar-refractivity contribution in [3.05, 3.63) is 24.3 Å². The third-order valence-corrected chi connectivity index (χ3v) is 19.3. The van der Waals surface area contributed by atoms with E-state index in [0.717, 1.165) is 44.9 Å². The Hall–Kier alpha value is -1.66. The van der Waals surface area contributed by atoms with Crippen LogP contribution in [0.25, 0.3) is 0 Å². The van der Waals surface area contributed by atoms with Crippen LogP contribution in [0.4, 0.5) is 0 Å². The van der Waals surface area contributed by atoms with E-state index in [0.29, 0.717) is 25.9 Å². The second kappa shape index (κ2) is 77.8. The van der Waals surface area contributed by atoms with Gasteiger partial charge in [0.25, 0.3) is 0 Å². The van der Waals surface area contributed by atoms with Gasteiger partial charge in [0.2, 0.25) is 5.91 Å². The van der Waals surface area contributed by atoms with Gasteiger partial charge in [-0.15, -0.1) is 0 Å². The van der Waals surface area contributed by atoms with Crippen molar-refractivity contribution in [2.75, 3.05) is 13.2 Å². The molecule has 0 radical (unpaired) electrons. The van der Waals surface area contributed by atoms with Crippen molar-refractivity contribution in [3.63, 3.8) is 0 Å². The molecule has 0 bridgehead atoms. The second-order valence-corrected chi connectivity index (χ2v) is 28.1. The van der Waals surface area contributed by atoms with Gasteiger partial charge >= 0.3 is 5.97 Å². The first kappa shape index (κ1) is 86.3. The van der Waals surface area contributed by atoms with Crippen LogP contribution in [0, 0.1) is 0 Å². The number of carbonyl (C=O) groups excluding carboxylic acids is 2. The van der Waals surface area contributed by atoms with Gasteiger partial charge in [0.1, 0.15) is 0 Å². The average molecular weight is 1240 g/mol. The van der Waals surface area contributed by atoms with Crippen LogP contribution in [0.15, 0.2) is 24.3 Å². The number of allylic oxidation sites excluding steroid dienone is 4. The SMILES string of the molecule is CCCCCCCCCCCCCCCCCCCCCC(=O)OCCCCCCCCCCCCCCCCC/C=C\C/C=C\CCCCCCCCCCCCCCCCCCCC(=O)NC(CO)C(O)CCCCCCCCCCCCCCC. The summed E-state index contributed by atoms with van der Waals surface area (Å²) >= 11 is 0. The van der Waals surface area contributed by atoms with E-state index in [2.05, 4.69) is 43.5 Å². The maximum Gasteiger partial charge on any atom is 0.305 e. The number of aliphatic hydroxyl groups is 2. The molecule has 0 aromatic heterocycles. The molecule has 3 N–H and O–H groups in total. The van der Waals surface area contributed by atoms with Gasteiger partial charge in [0.15, 0.2) is 0 Å². The molecule has 522 valence electrons. The lowest BCUT2D eigenvalue weighted by molar-refractivity contribution is -0.143. The Bertz CT molecular complexity index is 1380. The highest BCUT2D eigenvalue weighted by Gasteiger charge is 2.20. The maximum absolute atomic E-state index is 12.5. The van der Waals surface area contributed by atoms with E-state index in [9.17, 15) is 19.8 Å². The van der Waals surface area contributed by atoms with Gasteiger partial charge in [-0.05, 0) is 57.8 Å². The minimum absolute atomic E-state index is 0.0261. The van der Waals surface area contributed by atoms with Crippen molar-refractivity contribution in [1.29, 1.82) is 0 Å². The zero-order chi connectivity index (χ0) is 63.5. The number of amides is 1. The van der Waals surface area contributed by atoms with Crippen LogP contribution >= 0.6 is 0 Å². The van der Waals surface area contributed by atoms with E-state index in [4.69, 9.17) is 4.74 Å². The highest BCUT2D eigenvalue weighted by molar-refractivity contribution is 5.76. The van der Waals surface area contributed by atoms with E-state index in [1.807, 2.05) is 0 Å². The zero-order valence-corrected chi connectivity index (χ0v) is 60.0. The summed E-state index contributed by atoms with van der Waals surface area (Å²) in [5.74, 6) is -0.00310. The van der Waals surface area contributed by atoms with Crippen LogP contribution in [-0.4, -0.2) is 47.4 Å². The summed E-state index contributed by atoms with van der Waals surface area (Å²) in [6.45, 7) is 5.00. The smallest absolute Gasteiger partial charge is 0.305 e. The molecule has 0 aromatic carbocycles. The average Bonchev–Trinajstić information content (AvgIpc) is 3.54. The van der Waals surface area contributed by atoms with Crippen molar-refractivity contribution in [1.82, 2.24) is 5.32 Å². The lowest BCUT2D eigenvalue weighted by Gasteiger charge is -2.22. The first-order chi connectivity index (χ1) is 43.5. The van der Waals surface area contributed by atoms with Crippen LogP contribution in [0.2, 0.25) is 0 Å². The summed E-state index contributed by atoms with van der Waals surface area (Å²) in [6, 6.07) is -0.538. The molecule has 6 heteroatoms. The highest BCUT2D eigenvalue weighted by Crippen LogP contribution is 2.20. The number of unbranched alkanes of at least 4 members (excludes halogenated alkanes) is 62. The van der Waals surface area contributed by atoms with Gasteiger partial charge in [0, 0.05) is 12.8 Å². The predicted octanol–water partition coefficient (Wildman–Crippen LogP) is 26.8. The molecule has 0 rings (SSSR count). The Morgan fingerprint density at radius 1 is 0.318 bits per heavy atom. The molecule has 0 saturated carbocycles. The second-order valence-electron chi connectivity index (χ2n) is 28.1. The molecule has 88 heavy (non-hydrogen) atoms. The molecule has 0 saturated heterocycles. The molecule has 0 aliphatic heterocycles. The standard InChI is InChI=1S/C82H159NO5/c1-3-5-7-9-11-13-15-17-18-19-41-45-48-52-56-60-64-68-72-76-82(87)88-77-73-69-65-61-57-53-49-46-43-40-38-36-34-32-30-28-26-24-22-20-21-23-25-27-29-31-33-35-37-39-42-44-47-51-55-59-63-67-71-75-81(86)83-79(78-84)80(85)74-70-66-62-58-54-50-16-14-12-10-8-6-4-2/h20-21,24,26,79-80,84-85H,3-19,22-23,25,27-78H2,1-2H3,(H,83,86)/b21-20-,26-24-. The van der Waals surface area contributed by atoms with Crippen molar-refractivity contribution < 1.29 is 24.5 Å². The van der Waals surface area contributed by atoms with Crippen LogP contribution in [0.5, 0.6) is 0 Å². The Morgan fingerprint density at radius 3 is 0.864 bits per heavy atom. The lowest BCUT2D eigenvalue weighted by atomic mass is 10.0. The van der Waals surface area contributed by atoms with Gasteiger partial charge in [0.05, 0.1) is 25.4 Å². The summed E-state index contributed by atoms with van der Waals surface area (Å²) in [7, 11) is 0. The minimum atomic E-state index is -0.661. The van der Waals surface area contributed by atoms with Gasteiger partial charge in [-0.3, -0.25) is 9.59 Å². The van der Waals surface area contributed by atoms with E-state index in [1.165, 1.54) is 385 Å². The lowest BCUT2D eigenvalue weighted by Crippen LogP contribution is -2.45. The molecule has 2 unspecified atom stereocenters. The minimum Gasteiger partial charge on any atom is -0.466 e. The van der Waals surface area contributed by atoms with E-state index in [-0.39, 0.29) is 18.5 Å². The van der Waals surface area contributed by atoms with E-state index < -0.39 is 12.1 Å². The molecule has 0 aromatic rings. The molecule has 0 fully saturated rings. The van der Waals surface area contributed by atoms with Crippen LogP contribution in [-0.2, 0) is 14.3 Å². The molecule has 0 spiro atoms. The third-order valence-electron chi connectivity index (χ3n) is 19.3. The van der Waals surface area contributed by atoms with Crippen molar-refractivity contribution in [2.45, 2.75) is 475 Å². The monoisotopic (exact) mass is 1240 g/mol. The predicted molar refractivity (Wildman–Crippen MR) is 389 cm³/mol. The first-order valence-electron chi connectivity index (χ1n) is 40.6. The molecule has 0 aliphatic rings. The number of ether oxygens (including phenoxy) is 1. The summed E-state index contributed by atoms with van der Waals surface area (Å²) in [5, 5.41) is 23.3.